The van der Waals surface area contributed by atoms with Gasteiger partial charge in [0.1, 0.15) is 0 Å². The van der Waals surface area contributed by atoms with Crippen molar-refractivity contribution in [1.82, 2.24) is 20.5 Å². The first-order valence-electron chi connectivity index (χ1n) is 9.37. The Morgan fingerprint density at radius 3 is 2.79 bits per heavy atom. The lowest BCUT2D eigenvalue weighted by Crippen LogP contribution is -2.36. The topological polar surface area (TPSA) is 74.3 Å². The number of fused-ring (bicyclic) bond motifs is 1. The summed E-state index contributed by atoms with van der Waals surface area (Å²) >= 11 is 0. The van der Waals surface area contributed by atoms with E-state index in [0.717, 1.165) is 21.9 Å². The SMILES string of the molecule is Cc1ccncc1-c1ccc2cc(C(=O)NCCN3CCNC3=O)ccc2c1. The van der Waals surface area contributed by atoms with Crippen molar-refractivity contribution in [1.29, 1.82) is 0 Å². The first-order valence-corrected chi connectivity index (χ1v) is 9.37. The summed E-state index contributed by atoms with van der Waals surface area (Å²) in [5, 5.41) is 7.72. The number of nitrogens with zero attached hydrogens (tertiary/aromatic N) is 2. The van der Waals surface area contributed by atoms with Gasteiger partial charge in [0.05, 0.1) is 0 Å². The minimum Gasteiger partial charge on any atom is -0.350 e. The van der Waals surface area contributed by atoms with E-state index in [1.54, 1.807) is 11.1 Å². The van der Waals surface area contributed by atoms with Gasteiger partial charge in [-0.15, -0.1) is 0 Å². The molecule has 28 heavy (non-hydrogen) atoms. The first-order chi connectivity index (χ1) is 13.6. The van der Waals surface area contributed by atoms with E-state index in [9.17, 15) is 9.59 Å². The maximum Gasteiger partial charge on any atom is 0.317 e. The maximum absolute atomic E-state index is 12.4. The second-order valence-corrected chi connectivity index (χ2v) is 6.94. The molecule has 1 fully saturated rings. The molecule has 0 unspecified atom stereocenters. The van der Waals surface area contributed by atoms with Gasteiger partial charge in [-0.2, -0.15) is 0 Å². The Morgan fingerprint density at radius 2 is 2.00 bits per heavy atom. The van der Waals surface area contributed by atoms with E-state index < -0.39 is 0 Å². The van der Waals surface area contributed by atoms with Gasteiger partial charge >= 0.3 is 6.03 Å². The van der Waals surface area contributed by atoms with Gasteiger partial charge in [-0.05, 0) is 53.1 Å². The van der Waals surface area contributed by atoms with Crippen LogP contribution in [0.15, 0.2) is 54.9 Å². The highest BCUT2D eigenvalue weighted by Gasteiger charge is 2.18. The highest BCUT2D eigenvalue weighted by Crippen LogP contribution is 2.26. The van der Waals surface area contributed by atoms with Gasteiger partial charge in [0.25, 0.3) is 5.91 Å². The monoisotopic (exact) mass is 374 g/mol. The number of rotatable bonds is 5. The van der Waals surface area contributed by atoms with E-state index in [1.165, 1.54) is 5.56 Å². The van der Waals surface area contributed by atoms with Crippen LogP contribution in [-0.4, -0.2) is 48.0 Å². The van der Waals surface area contributed by atoms with E-state index in [0.29, 0.717) is 31.7 Å². The number of hydrogen-bond donors (Lipinski definition) is 2. The maximum atomic E-state index is 12.4. The Bertz CT molecular complexity index is 1050. The Balaban J connectivity index is 1.47. The third-order valence-corrected chi connectivity index (χ3v) is 5.06. The standard InChI is InChI=1S/C22H22N4O2/c1-15-6-7-23-14-20(15)18-4-2-17-13-19(5-3-16(17)12-18)21(27)24-8-10-26-11-9-25-22(26)28/h2-7,12-14H,8-11H2,1H3,(H,24,27)(H,25,28). The lowest BCUT2D eigenvalue weighted by Gasteiger charge is -2.14. The lowest BCUT2D eigenvalue weighted by atomic mass is 9.98. The van der Waals surface area contributed by atoms with Crippen molar-refractivity contribution < 1.29 is 9.59 Å². The van der Waals surface area contributed by atoms with Crippen LogP contribution in [0.4, 0.5) is 4.79 Å². The number of hydrogen-bond acceptors (Lipinski definition) is 3. The van der Waals surface area contributed by atoms with Crippen LogP contribution in [0.25, 0.3) is 21.9 Å². The lowest BCUT2D eigenvalue weighted by molar-refractivity contribution is 0.0950. The number of pyridine rings is 1. The summed E-state index contributed by atoms with van der Waals surface area (Å²) < 4.78 is 0. The number of carbonyl (C=O) groups is 2. The van der Waals surface area contributed by atoms with Crippen LogP contribution in [0.2, 0.25) is 0 Å². The molecule has 4 rings (SSSR count). The number of urea groups is 1. The van der Waals surface area contributed by atoms with Crippen molar-refractivity contribution >= 4 is 22.7 Å². The predicted molar refractivity (Wildman–Crippen MR) is 109 cm³/mol. The quantitative estimate of drug-likeness (QED) is 0.721. The molecule has 0 aliphatic carbocycles. The smallest absolute Gasteiger partial charge is 0.317 e. The molecule has 0 radical (unpaired) electrons. The summed E-state index contributed by atoms with van der Waals surface area (Å²) in [6, 6.07) is 13.8. The van der Waals surface area contributed by atoms with Gasteiger partial charge < -0.3 is 15.5 Å². The van der Waals surface area contributed by atoms with E-state index in [4.69, 9.17) is 0 Å². The minimum absolute atomic E-state index is 0.0698. The Morgan fingerprint density at radius 1 is 1.18 bits per heavy atom. The molecule has 0 spiro atoms. The summed E-state index contributed by atoms with van der Waals surface area (Å²) in [5.74, 6) is -0.131. The predicted octanol–water partition coefficient (Wildman–Crippen LogP) is 2.97. The van der Waals surface area contributed by atoms with Gasteiger partial charge in [0.15, 0.2) is 0 Å². The molecule has 3 amide bonds. The number of benzene rings is 2. The van der Waals surface area contributed by atoms with Crippen molar-refractivity contribution in [2.45, 2.75) is 6.92 Å². The van der Waals surface area contributed by atoms with Crippen LogP contribution in [0.3, 0.4) is 0 Å². The van der Waals surface area contributed by atoms with Crippen molar-refractivity contribution in [2.24, 2.45) is 0 Å². The molecule has 2 aromatic carbocycles. The summed E-state index contributed by atoms with van der Waals surface area (Å²) in [6.45, 7) is 4.37. The highest BCUT2D eigenvalue weighted by molar-refractivity contribution is 5.99. The van der Waals surface area contributed by atoms with Crippen LogP contribution in [0.1, 0.15) is 15.9 Å². The van der Waals surface area contributed by atoms with Crippen LogP contribution < -0.4 is 10.6 Å². The highest BCUT2D eigenvalue weighted by atomic mass is 16.2. The molecule has 0 saturated carbocycles. The first kappa shape index (κ1) is 18.0. The third-order valence-electron chi connectivity index (χ3n) is 5.06. The fraction of sp³-hybridized carbons (Fsp3) is 0.227. The normalized spacial score (nSPS) is 13.6. The van der Waals surface area contributed by atoms with Crippen molar-refractivity contribution in [3.05, 3.63) is 66.0 Å². The largest absolute Gasteiger partial charge is 0.350 e. The summed E-state index contributed by atoms with van der Waals surface area (Å²) in [7, 11) is 0. The second kappa shape index (κ2) is 7.68. The number of aryl methyl sites for hydroxylation is 1. The average Bonchev–Trinajstić information content (AvgIpc) is 3.12. The molecule has 142 valence electrons. The van der Waals surface area contributed by atoms with Crippen LogP contribution >= 0.6 is 0 Å². The molecular weight excluding hydrogens is 352 g/mol. The molecule has 1 aromatic heterocycles. The molecule has 6 heteroatoms. The average molecular weight is 374 g/mol. The molecule has 3 aromatic rings. The van der Waals surface area contributed by atoms with Crippen LogP contribution in [0, 0.1) is 6.92 Å². The van der Waals surface area contributed by atoms with Crippen molar-refractivity contribution in [3.8, 4) is 11.1 Å². The molecule has 0 bridgehead atoms. The van der Waals surface area contributed by atoms with Crippen LogP contribution in [0.5, 0.6) is 0 Å². The van der Waals surface area contributed by atoms with Gasteiger partial charge in [-0.3, -0.25) is 9.78 Å². The molecule has 1 aliphatic rings. The zero-order valence-corrected chi connectivity index (χ0v) is 15.7. The summed E-state index contributed by atoms with van der Waals surface area (Å²) in [6.07, 6.45) is 3.67. The third kappa shape index (κ3) is 3.67. The molecule has 2 heterocycles. The molecule has 6 nitrogen and oxygen atoms in total. The Labute approximate surface area is 163 Å². The van der Waals surface area contributed by atoms with E-state index in [2.05, 4.69) is 34.7 Å². The number of amides is 3. The van der Waals surface area contributed by atoms with E-state index >= 15 is 0 Å². The van der Waals surface area contributed by atoms with Gasteiger partial charge in [0, 0.05) is 49.7 Å². The molecule has 0 atom stereocenters. The van der Waals surface area contributed by atoms with E-state index in [-0.39, 0.29) is 11.9 Å². The minimum atomic E-state index is -0.131. The van der Waals surface area contributed by atoms with Crippen LogP contribution in [-0.2, 0) is 0 Å². The van der Waals surface area contributed by atoms with Crippen molar-refractivity contribution in [2.75, 3.05) is 26.2 Å². The number of nitrogens with one attached hydrogen (secondary N) is 2. The Hall–Kier alpha value is -3.41. The fourth-order valence-electron chi connectivity index (χ4n) is 3.45. The zero-order chi connectivity index (χ0) is 19.5. The molecule has 1 saturated heterocycles. The van der Waals surface area contributed by atoms with Gasteiger partial charge in [-0.1, -0.05) is 18.2 Å². The fourth-order valence-corrected chi connectivity index (χ4v) is 3.45. The molecular formula is C22H22N4O2. The molecule has 2 N–H and O–H groups in total. The van der Waals surface area contributed by atoms with Gasteiger partial charge in [-0.25, -0.2) is 4.79 Å². The number of aromatic nitrogens is 1. The van der Waals surface area contributed by atoms with Crippen molar-refractivity contribution in [3.63, 3.8) is 0 Å². The second-order valence-electron chi connectivity index (χ2n) is 6.94. The van der Waals surface area contributed by atoms with Gasteiger partial charge in [0.2, 0.25) is 0 Å². The Kier molecular flexibility index (Phi) is 4.93. The summed E-state index contributed by atoms with van der Waals surface area (Å²) in [4.78, 5) is 29.9. The number of carbonyl (C=O) groups excluding carboxylic acids is 2. The zero-order valence-electron chi connectivity index (χ0n) is 15.7. The summed E-state index contributed by atoms with van der Waals surface area (Å²) in [5.41, 5.74) is 4.01. The van der Waals surface area contributed by atoms with E-state index in [1.807, 2.05) is 36.5 Å². The molecule has 1 aliphatic heterocycles.